The molecule has 5 aromatic rings. The first-order chi connectivity index (χ1) is 22.1. The number of hydrogen-bond acceptors (Lipinski definition) is 6. The summed E-state index contributed by atoms with van der Waals surface area (Å²) in [6, 6.07) is 42.0. The van der Waals surface area contributed by atoms with Gasteiger partial charge in [0.2, 0.25) is 0 Å². The van der Waals surface area contributed by atoms with Crippen LogP contribution in [-0.4, -0.2) is 23.0 Å². The van der Waals surface area contributed by atoms with Crippen molar-refractivity contribution in [3.05, 3.63) is 150 Å². The van der Waals surface area contributed by atoms with E-state index in [1.54, 1.807) is 36.0 Å². The molecule has 2 amide bonds. The van der Waals surface area contributed by atoms with Crippen LogP contribution in [0.5, 0.6) is 11.5 Å². The van der Waals surface area contributed by atoms with Crippen LogP contribution in [0.2, 0.25) is 0 Å². The largest absolute Gasteiger partial charge is 0.457 e. The topological polar surface area (TPSA) is 89.1 Å². The van der Waals surface area contributed by atoms with Crippen LogP contribution in [0, 0.1) is 0 Å². The zero-order valence-corrected chi connectivity index (χ0v) is 25.4. The lowest BCUT2D eigenvalue weighted by Gasteiger charge is -2.36. The Morgan fingerprint density at radius 3 is 2.16 bits per heavy atom. The molecule has 1 aliphatic rings. The molecular weight excluding hydrogens is 584 g/mol. The Kier molecular flexibility index (Phi) is 10.1. The molecule has 8 heteroatoms. The van der Waals surface area contributed by atoms with E-state index >= 15 is 0 Å². The van der Waals surface area contributed by atoms with Crippen molar-refractivity contribution < 1.29 is 24.1 Å². The van der Waals surface area contributed by atoms with E-state index in [2.05, 4.69) is 22.8 Å². The van der Waals surface area contributed by atoms with Gasteiger partial charge in [0, 0.05) is 34.0 Å². The quantitative estimate of drug-likeness (QED) is 0.135. The van der Waals surface area contributed by atoms with Gasteiger partial charge in [-0.15, -0.1) is 11.8 Å². The third-order valence-corrected chi connectivity index (χ3v) is 8.45. The average molecular weight is 619 g/mol. The summed E-state index contributed by atoms with van der Waals surface area (Å²) < 4.78 is 18.8. The predicted octanol–water partition coefficient (Wildman–Crippen LogP) is 8.95. The molecule has 1 heterocycles. The van der Waals surface area contributed by atoms with Crippen molar-refractivity contribution in [1.82, 2.24) is 0 Å². The molecule has 7 nitrogen and oxygen atoms in total. The fourth-order valence-corrected chi connectivity index (χ4v) is 5.96. The number of hydrogen-bond donors (Lipinski definition) is 3. The minimum Gasteiger partial charge on any atom is -0.457 e. The molecule has 45 heavy (non-hydrogen) atoms. The fourth-order valence-electron chi connectivity index (χ4n) is 5.02. The molecule has 1 fully saturated rings. The lowest BCUT2D eigenvalue weighted by Crippen LogP contribution is -2.31. The molecule has 0 saturated carbocycles. The normalized spacial score (nSPS) is 17.8. The van der Waals surface area contributed by atoms with Gasteiger partial charge in [-0.3, -0.25) is 0 Å². The molecule has 0 radical (unpaired) electrons. The number of carbonyl (C=O) groups excluding carboxylic acids is 1. The first-order valence-electron chi connectivity index (χ1n) is 14.8. The summed E-state index contributed by atoms with van der Waals surface area (Å²) in [4.78, 5) is 14.1. The zero-order chi connectivity index (χ0) is 30.8. The number of carbonyl (C=O) groups is 1. The number of para-hydroxylation sites is 1. The Hall–Kier alpha value is -4.60. The molecular formula is C37H34N2O5S. The summed E-state index contributed by atoms with van der Waals surface area (Å²) >= 11 is 1.75. The van der Waals surface area contributed by atoms with Gasteiger partial charge in [-0.1, -0.05) is 72.8 Å². The average Bonchev–Trinajstić information content (AvgIpc) is 3.09. The zero-order valence-electron chi connectivity index (χ0n) is 24.5. The molecule has 228 valence electrons. The highest BCUT2D eigenvalue weighted by atomic mass is 32.2. The Balaban J connectivity index is 1.11. The van der Waals surface area contributed by atoms with Crippen LogP contribution < -0.4 is 15.4 Å². The molecule has 1 aliphatic heterocycles. The Morgan fingerprint density at radius 1 is 0.733 bits per heavy atom. The summed E-state index contributed by atoms with van der Waals surface area (Å²) in [5.41, 5.74) is 3.94. The number of urea groups is 1. The van der Waals surface area contributed by atoms with Crippen LogP contribution in [0.3, 0.4) is 0 Å². The van der Waals surface area contributed by atoms with Gasteiger partial charge in [-0.2, -0.15) is 0 Å². The first-order valence-corrected chi connectivity index (χ1v) is 15.8. The van der Waals surface area contributed by atoms with Crippen LogP contribution >= 0.6 is 11.8 Å². The smallest absolute Gasteiger partial charge is 0.323 e. The van der Waals surface area contributed by atoms with Crippen molar-refractivity contribution >= 4 is 29.2 Å². The van der Waals surface area contributed by atoms with Crippen molar-refractivity contribution in [1.29, 1.82) is 0 Å². The van der Waals surface area contributed by atoms with E-state index in [1.807, 2.05) is 97.1 Å². The number of aliphatic hydroxyl groups excluding tert-OH is 1. The van der Waals surface area contributed by atoms with Crippen molar-refractivity contribution in [2.24, 2.45) is 0 Å². The highest BCUT2D eigenvalue weighted by Gasteiger charge is 2.32. The van der Waals surface area contributed by atoms with Gasteiger partial charge in [-0.25, -0.2) is 4.79 Å². The van der Waals surface area contributed by atoms with E-state index in [0.717, 1.165) is 28.2 Å². The van der Waals surface area contributed by atoms with Gasteiger partial charge < -0.3 is 30.0 Å². The van der Waals surface area contributed by atoms with Crippen LogP contribution in [0.1, 0.15) is 35.5 Å². The third kappa shape index (κ3) is 8.53. The third-order valence-electron chi connectivity index (χ3n) is 7.30. The van der Waals surface area contributed by atoms with E-state index in [9.17, 15) is 9.90 Å². The van der Waals surface area contributed by atoms with Gasteiger partial charge in [0.1, 0.15) is 11.5 Å². The van der Waals surface area contributed by atoms with Crippen molar-refractivity contribution in [3.8, 4) is 11.5 Å². The number of amides is 2. The first kappa shape index (κ1) is 30.4. The number of ether oxygens (including phenoxy) is 3. The van der Waals surface area contributed by atoms with E-state index < -0.39 is 6.29 Å². The van der Waals surface area contributed by atoms with Gasteiger partial charge in [0.25, 0.3) is 0 Å². The molecule has 0 aromatic heterocycles. The number of rotatable bonds is 10. The summed E-state index contributed by atoms with van der Waals surface area (Å²) in [5.74, 6) is 2.19. The van der Waals surface area contributed by atoms with Gasteiger partial charge in [-0.05, 0) is 71.8 Å². The highest BCUT2D eigenvalue weighted by molar-refractivity contribution is 7.99. The predicted molar refractivity (Wildman–Crippen MR) is 178 cm³/mol. The number of aliphatic hydroxyl groups is 1. The molecule has 0 spiro atoms. The second kappa shape index (κ2) is 14.9. The lowest BCUT2D eigenvalue weighted by atomic mass is 10.0. The van der Waals surface area contributed by atoms with E-state index in [0.29, 0.717) is 23.5 Å². The maximum absolute atomic E-state index is 12.9. The minimum absolute atomic E-state index is 0.00473. The standard InChI is InChI=1S/C37H34N2O5S/c40-24-26-14-16-27(17-15-26)35-23-33(25-45-34-12-5-2-6-13-34)43-36(44-35)28-8-7-9-30(22-28)39-37(41)38-29-18-20-32(21-19-29)42-31-10-3-1-4-11-31/h1-22,33,35-36,40H,23-25H2,(H2,38,39,41). The Morgan fingerprint density at radius 2 is 1.42 bits per heavy atom. The SMILES string of the molecule is O=C(Nc1ccc(Oc2ccccc2)cc1)Nc1cccc(C2OC(CSc3ccccc3)CC(c3ccc(CO)cc3)O2)c1. The minimum atomic E-state index is -0.621. The van der Waals surface area contributed by atoms with Gasteiger partial charge >= 0.3 is 6.03 Å². The van der Waals surface area contributed by atoms with Gasteiger partial charge in [0.15, 0.2) is 6.29 Å². The van der Waals surface area contributed by atoms with E-state index in [1.165, 1.54) is 4.90 Å². The molecule has 0 bridgehead atoms. The van der Waals surface area contributed by atoms with Gasteiger partial charge in [0.05, 0.1) is 18.8 Å². The summed E-state index contributed by atoms with van der Waals surface area (Å²) in [5, 5.41) is 15.3. The van der Waals surface area contributed by atoms with E-state index in [4.69, 9.17) is 14.2 Å². The summed E-state index contributed by atoms with van der Waals surface area (Å²) in [7, 11) is 0. The Bertz CT molecular complexity index is 1670. The Labute approximate surface area is 267 Å². The molecule has 6 rings (SSSR count). The van der Waals surface area contributed by atoms with Crippen LogP contribution in [0.15, 0.2) is 138 Å². The van der Waals surface area contributed by atoms with Crippen molar-refractivity contribution in [2.45, 2.75) is 36.4 Å². The van der Waals surface area contributed by atoms with Crippen LogP contribution in [0.25, 0.3) is 0 Å². The fraction of sp³-hybridized carbons (Fsp3) is 0.162. The molecule has 5 aromatic carbocycles. The van der Waals surface area contributed by atoms with Crippen molar-refractivity contribution in [3.63, 3.8) is 0 Å². The molecule has 3 atom stereocenters. The summed E-state index contributed by atoms with van der Waals surface area (Å²) in [6.07, 6.45) is -0.175. The second-order valence-corrected chi connectivity index (χ2v) is 11.7. The number of thioether (sulfide) groups is 1. The molecule has 0 aliphatic carbocycles. The molecule has 3 N–H and O–H groups in total. The highest BCUT2D eigenvalue weighted by Crippen LogP contribution is 2.40. The molecule has 1 saturated heterocycles. The van der Waals surface area contributed by atoms with Crippen molar-refractivity contribution in [2.75, 3.05) is 16.4 Å². The monoisotopic (exact) mass is 618 g/mol. The second-order valence-electron chi connectivity index (χ2n) is 10.6. The number of benzene rings is 5. The van der Waals surface area contributed by atoms with Crippen LogP contribution in [0.4, 0.5) is 16.2 Å². The maximum atomic E-state index is 12.9. The molecule has 3 unspecified atom stereocenters. The van der Waals surface area contributed by atoms with Crippen LogP contribution in [-0.2, 0) is 16.1 Å². The maximum Gasteiger partial charge on any atom is 0.323 e. The summed E-state index contributed by atoms with van der Waals surface area (Å²) in [6.45, 7) is -0.00473. The lowest BCUT2D eigenvalue weighted by molar-refractivity contribution is -0.245. The van der Waals surface area contributed by atoms with E-state index in [-0.39, 0.29) is 24.8 Å². The number of anilines is 2. The number of nitrogens with one attached hydrogen (secondary N) is 2.